The average Bonchev–Trinajstić information content (AvgIpc) is 2.26. The molecule has 1 rings (SSSR count). The molecule has 0 atom stereocenters. The summed E-state index contributed by atoms with van der Waals surface area (Å²) in [6.07, 6.45) is 1.73. The minimum absolute atomic E-state index is 0.0216. The second-order valence-electron chi connectivity index (χ2n) is 5.31. The van der Waals surface area contributed by atoms with Crippen molar-refractivity contribution in [2.45, 2.75) is 38.9 Å². The van der Waals surface area contributed by atoms with Crippen LogP contribution in [0.4, 0.5) is 0 Å². The number of hydrogen-bond donors (Lipinski definition) is 2. The van der Waals surface area contributed by atoms with Crippen molar-refractivity contribution < 1.29 is 10.2 Å². The quantitative estimate of drug-likeness (QED) is 0.653. The molecule has 1 aromatic carbocycles. The number of benzene rings is 1. The molecule has 0 aromatic heterocycles. The van der Waals surface area contributed by atoms with Crippen LogP contribution in [0, 0.1) is 11.8 Å². The Kier molecular flexibility index (Phi) is 5.40. The van der Waals surface area contributed by atoms with Crippen molar-refractivity contribution >= 4 is 19.4 Å². The van der Waals surface area contributed by atoms with E-state index in [0.717, 1.165) is 4.47 Å². The van der Waals surface area contributed by atoms with Crippen LogP contribution >= 0.6 is 0 Å². The van der Waals surface area contributed by atoms with Crippen LogP contribution in [0.2, 0.25) is 0 Å². The van der Waals surface area contributed by atoms with Crippen LogP contribution in [-0.2, 0) is 0 Å². The molecule has 0 unspecified atom stereocenters. The summed E-state index contributed by atoms with van der Waals surface area (Å²) in [5.74, 6) is 5.58. The van der Waals surface area contributed by atoms with E-state index >= 15 is 0 Å². The van der Waals surface area contributed by atoms with E-state index in [1.54, 1.807) is 33.8 Å². The van der Waals surface area contributed by atoms with Crippen LogP contribution in [0.3, 0.4) is 0 Å². The summed E-state index contributed by atoms with van der Waals surface area (Å²) >= 11 is 0.0216. The van der Waals surface area contributed by atoms with Crippen molar-refractivity contribution in [3.05, 3.63) is 40.9 Å². The number of aliphatic hydroxyl groups is 2. The van der Waals surface area contributed by atoms with Gasteiger partial charge in [0.25, 0.3) is 0 Å². The molecule has 0 radical (unpaired) electrons. The van der Waals surface area contributed by atoms with Crippen LogP contribution in [-0.4, -0.2) is 36.4 Å². The van der Waals surface area contributed by atoms with Gasteiger partial charge in [0.1, 0.15) is 0 Å². The Balaban J connectivity index is 2.96. The third kappa shape index (κ3) is 6.61. The standard InChI is InChI=1S/C16H20O2Se/c1-15(2,17)12-8-11-14(16(3,4)18)19-13-9-6-5-7-10-13/h5-7,9-11,17-18H,1-4H3/b14-11-. The van der Waals surface area contributed by atoms with Crippen LogP contribution in [0.15, 0.2) is 40.9 Å². The first-order chi connectivity index (χ1) is 8.68. The van der Waals surface area contributed by atoms with Crippen LogP contribution in [0.5, 0.6) is 0 Å². The van der Waals surface area contributed by atoms with Gasteiger partial charge in [-0.15, -0.1) is 0 Å². The Labute approximate surface area is 121 Å². The van der Waals surface area contributed by atoms with Crippen LogP contribution in [0.1, 0.15) is 27.7 Å². The van der Waals surface area contributed by atoms with Gasteiger partial charge in [-0.3, -0.25) is 0 Å². The Hall–Kier alpha value is -1.04. The molecule has 2 N–H and O–H groups in total. The SMILES string of the molecule is CC(C)(O)C#C/C=C(\[Se]c1ccccc1)C(C)(C)O. The first-order valence-electron chi connectivity index (χ1n) is 6.09. The van der Waals surface area contributed by atoms with Crippen LogP contribution in [0.25, 0.3) is 0 Å². The van der Waals surface area contributed by atoms with Gasteiger partial charge in [0, 0.05) is 0 Å². The van der Waals surface area contributed by atoms with Crippen molar-refractivity contribution in [1.29, 1.82) is 0 Å². The molecule has 0 aliphatic heterocycles. The third-order valence-corrected chi connectivity index (χ3v) is 4.98. The fourth-order valence-electron chi connectivity index (χ4n) is 1.22. The molecule has 1 aromatic rings. The summed E-state index contributed by atoms with van der Waals surface area (Å²) in [6, 6.07) is 10.0. The molecule has 19 heavy (non-hydrogen) atoms. The fourth-order valence-corrected chi connectivity index (χ4v) is 3.14. The predicted molar refractivity (Wildman–Crippen MR) is 80.3 cm³/mol. The average molecular weight is 323 g/mol. The van der Waals surface area contributed by atoms with Gasteiger partial charge in [-0.1, -0.05) is 0 Å². The van der Waals surface area contributed by atoms with Crippen molar-refractivity contribution in [3.8, 4) is 11.8 Å². The Morgan fingerprint density at radius 2 is 1.68 bits per heavy atom. The van der Waals surface area contributed by atoms with Gasteiger partial charge in [0.15, 0.2) is 0 Å². The Morgan fingerprint density at radius 3 is 2.16 bits per heavy atom. The number of hydrogen-bond acceptors (Lipinski definition) is 2. The second kappa shape index (κ2) is 6.41. The van der Waals surface area contributed by atoms with Gasteiger partial charge in [-0.2, -0.15) is 0 Å². The summed E-state index contributed by atoms with van der Waals surface area (Å²) in [7, 11) is 0. The molecule has 0 spiro atoms. The summed E-state index contributed by atoms with van der Waals surface area (Å²) in [5.41, 5.74) is -1.91. The zero-order valence-corrected chi connectivity index (χ0v) is 13.5. The van der Waals surface area contributed by atoms with E-state index in [1.165, 1.54) is 4.46 Å². The van der Waals surface area contributed by atoms with Crippen molar-refractivity contribution in [2.75, 3.05) is 0 Å². The summed E-state index contributed by atoms with van der Waals surface area (Å²) in [6.45, 7) is 6.80. The van der Waals surface area contributed by atoms with E-state index in [4.69, 9.17) is 0 Å². The van der Waals surface area contributed by atoms with Gasteiger partial charge >= 0.3 is 121 Å². The minimum atomic E-state index is -1.01. The fraction of sp³-hybridized carbons (Fsp3) is 0.375. The zero-order chi connectivity index (χ0) is 14.5. The van der Waals surface area contributed by atoms with Gasteiger partial charge in [0.2, 0.25) is 0 Å². The summed E-state index contributed by atoms with van der Waals surface area (Å²) < 4.78 is 2.08. The molecule has 0 bridgehead atoms. The van der Waals surface area contributed by atoms with E-state index in [2.05, 4.69) is 11.8 Å². The van der Waals surface area contributed by atoms with Gasteiger partial charge in [0.05, 0.1) is 0 Å². The normalized spacial score (nSPS) is 12.8. The molecule has 0 saturated carbocycles. The Morgan fingerprint density at radius 1 is 1.11 bits per heavy atom. The summed E-state index contributed by atoms with van der Waals surface area (Å²) in [4.78, 5) is 0. The maximum absolute atomic E-state index is 10.2. The molecule has 2 nitrogen and oxygen atoms in total. The van der Waals surface area contributed by atoms with E-state index in [1.807, 2.05) is 30.3 Å². The maximum atomic E-state index is 10.2. The third-order valence-electron chi connectivity index (χ3n) is 2.16. The summed E-state index contributed by atoms with van der Waals surface area (Å²) in [5, 5.41) is 19.7. The topological polar surface area (TPSA) is 40.5 Å². The molecular weight excluding hydrogens is 303 g/mol. The Bertz CT molecular complexity index is 494. The van der Waals surface area contributed by atoms with Crippen molar-refractivity contribution in [2.24, 2.45) is 0 Å². The van der Waals surface area contributed by atoms with Crippen LogP contribution < -0.4 is 4.46 Å². The predicted octanol–water partition coefficient (Wildman–Crippen LogP) is 1.45. The van der Waals surface area contributed by atoms with E-state index in [-0.39, 0.29) is 15.0 Å². The molecule has 0 aliphatic rings. The molecular formula is C16H20O2Se. The first-order valence-corrected chi connectivity index (χ1v) is 7.81. The molecule has 0 fully saturated rings. The van der Waals surface area contributed by atoms with Gasteiger partial charge in [-0.25, -0.2) is 0 Å². The van der Waals surface area contributed by atoms with Crippen molar-refractivity contribution in [1.82, 2.24) is 0 Å². The number of allylic oxidation sites excluding steroid dienone is 1. The monoisotopic (exact) mass is 324 g/mol. The van der Waals surface area contributed by atoms with Crippen molar-refractivity contribution in [3.63, 3.8) is 0 Å². The molecule has 0 heterocycles. The molecule has 0 aliphatic carbocycles. The zero-order valence-electron chi connectivity index (χ0n) is 11.8. The molecule has 102 valence electrons. The number of rotatable bonds is 3. The van der Waals surface area contributed by atoms with E-state index < -0.39 is 11.2 Å². The molecule has 0 saturated heterocycles. The van der Waals surface area contributed by atoms with Gasteiger partial charge in [-0.05, 0) is 0 Å². The van der Waals surface area contributed by atoms with Gasteiger partial charge < -0.3 is 0 Å². The molecule has 3 heteroatoms. The van der Waals surface area contributed by atoms with E-state index in [9.17, 15) is 10.2 Å². The first kappa shape index (κ1) is 16.0. The molecule has 0 amide bonds. The second-order valence-corrected chi connectivity index (χ2v) is 7.65. The van der Waals surface area contributed by atoms with E-state index in [0.29, 0.717) is 0 Å².